The van der Waals surface area contributed by atoms with Gasteiger partial charge < -0.3 is 15.2 Å². The van der Waals surface area contributed by atoms with Crippen LogP contribution in [0.1, 0.15) is 53.0 Å². The summed E-state index contributed by atoms with van der Waals surface area (Å²) < 4.78 is 30.2. The average molecular weight is 437 g/mol. The van der Waals surface area contributed by atoms with Crippen molar-refractivity contribution in [3.63, 3.8) is 0 Å². The van der Waals surface area contributed by atoms with Gasteiger partial charge in [0.15, 0.2) is 0 Å². The molecule has 0 radical (unpaired) electrons. The van der Waals surface area contributed by atoms with E-state index in [0.29, 0.717) is 28.8 Å². The summed E-state index contributed by atoms with van der Waals surface area (Å²) in [6.45, 7) is 3.10. The molecule has 2 N–H and O–H groups in total. The summed E-state index contributed by atoms with van der Waals surface area (Å²) in [4.78, 5) is 26.9. The lowest BCUT2D eigenvalue weighted by atomic mass is 9.98. The van der Waals surface area contributed by atoms with E-state index >= 15 is 0 Å². The molecule has 2 atom stereocenters. The number of carbonyl (C=O) groups is 1. The normalized spacial score (nSPS) is 19.3. The zero-order chi connectivity index (χ0) is 22.4. The molecule has 1 saturated carbocycles. The number of benzene rings is 2. The molecular formula is C25H25F2N3O2. The molecule has 1 saturated heterocycles. The second kappa shape index (κ2) is 8.13. The third-order valence-electron chi connectivity index (χ3n) is 6.65. The quantitative estimate of drug-likeness (QED) is 0.634. The maximum Gasteiger partial charge on any atom is 0.261 e. The van der Waals surface area contributed by atoms with E-state index in [0.717, 1.165) is 25.8 Å². The molecule has 2 aliphatic rings. The molecule has 1 aromatic heterocycles. The standard InChI is InChI=1S/C25H25F2N3O2/c1-14-21(24(31)29-23(15-8-9-15)16-4-2-5-17(26)12-16)19-6-3-7-20(27)22(19)25(32)30(14)18-10-11-28-13-18/h2-7,12,15,18,23,28H,8-11,13H2,1H3,(H,29,31)/t18-,23-/m0/s1. The Kier molecular flexibility index (Phi) is 5.29. The van der Waals surface area contributed by atoms with Crippen molar-refractivity contribution in [1.29, 1.82) is 0 Å². The number of pyridine rings is 1. The van der Waals surface area contributed by atoms with E-state index in [1.807, 2.05) is 6.07 Å². The first-order valence-electron chi connectivity index (χ1n) is 11.1. The van der Waals surface area contributed by atoms with Gasteiger partial charge in [-0.05, 0) is 62.4 Å². The van der Waals surface area contributed by atoms with E-state index in [1.165, 1.54) is 24.3 Å². The van der Waals surface area contributed by atoms with Crippen LogP contribution in [0.2, 0.25) is 0 Å². The van der Waals surface area contributed by atoms with Crippen molar-refractivity contribution >= 4 is 16.7 Å². The van der Waals surface area contributed by atoms with Crippen molar-refractivity contribution in [3.05, 3.63) is 81.3 Å². The molecule has 32 heavy (non-hydrogen) atoms. The smallest absolute Gasteiger partial charge is 0.261 e. The highest BCUT2D eigenvalue weighted by atomic mass is 19.1. The highest BCUT2D eigenvalue weighted by Gasteiger charge is 2.35. The number of fused-ring (bicyclic) bond motifs is 1. The Balaban J connectivity index is 1.63. The van der Waals surface area contributed by atoms with E-state index in [9.17, 15) is 18.4 Å². The molecule has 0 spiro atoms. The fourth-order valence-electron chi connectivity index (χ4n) is 4.94. The lowest BCUT2D eigenvalue weighted by Gasteiger charge is -2.24. The van der Waals surface area contributed by atoms with Crippen LogP contribution >= 0.6 is 0 Å². The molecule has 0 bridgehead atoms. The van der Waals surface area contributed by atoms with Gasteiger partial charge in [-0.3, -0.25) is 9.59 Å². The molecule has 5 nitrogen and oxygen atoms in total. The van der Waals surface area contributed by atoms with Crippen LogP contribution in [-0.2, 0) is 0 Å². The van der Waals surface area contributed by atoms with Gasteiger partial charge in [0.25, 0.3) is 11.5 Å². The third kappa shape index (κ3) is 3.60. The van der Waals surface area contributed by atoms with Crippen LogP contribution in [0, 0.1) is 24.5 Å². The summed E-state index contributed by atoms with van der Waals surface area (Å²) >= 11 is 0. The molecule has 7 heteroatoms. The van der Waals surface area contributed by atoms with Crippen molar-refractivity contribution in [2.75, 3.05) is 13.1 Å². The molecule has 2 heterocycles. The summed E-state index contributed by atoms with van der Waals surface area (Å²) in [5, 5.41) is 6.54. The second-order valence-electron chi connectivity index (χ2n) is 8.79. The number of halogens is 2. The number of amides is 1. The van der Waals surface area contributed by atoms with Crippen LogP contribution in [0.3, 0.4) is 0 Å². The minimum absolute atomic E-state index is 0.0659. The maximum atomic E-state index is 14.8. The van der Waals surface area contributed by atoms with Crippen LogP contribution in [0.25, 0.3) is 10.8 Å². The lowest BCUT2D eigenvalue weighted by molar-refractivity contribution is 0.0931. The average Bonchev–Trinajstić information content (AvgIpc) is 3.46. The van der Waals surface area contributed by atoms with Gasteiger partial charge in [-0.1, -0.05) is 24.3 Å². The second-order valence-corrected chi connectivity index (χ2v) is 8.79. The zero-order valence-electron chi connectivity index (χ0n) is 17.8. The minimum atomic E-state index is -0.634. The molecule has 2 fully saturated rings. The van der Waals surface area contributed by atoms with Crippen LogP contribution in [0.4, 0.5) is 8.78 Å². The molecule has 3 aromatic rings. The van der Waals surface area contributed by atoms with Gasteiger partial charge in [0.2, 0.25) is 0 Å². The monoisotopic (exact) mass is 437 g/mol. The van der Waals surface area contributed by atoms with Crippen LogP contribution in [-0.4, -0.2) is 23.6 Å². The van der Waals surface area contributed by atoms with Crippen LogP contribution < -0.4 is 16.2 Å². The van der Waals surface area contributed by atoms with Gasteiger partial charge >= 0.3 is 0 Å². The fourth-order valence-corrected chi connectivity index (χ4v) is 4.94. The van der Waals surface area contributed by atoms with Gasteiger partial charge in [-0.15, -0.1) is 0 Å². The molecular weight excluding hydrogens is 412 g/mol. The lowest BCUT2D eigenvalue weighted by Crippen LogP contribution is -2.35. The Bertz CT molecular complexity index is 1260. The van der Waals surface area contributed by atoms with Gasteiger partial charge in [-0.2, -0.15) is 0 Å². The van der Waals surface area contributed by atoms with E-state index in [-0.39, 0.29) is 35.1 Å². The summed E-state index contributed by atoms with van der Waals surface area (Å²) in [5.41, 5.74) is 1.12. The summed E-state index contributed by atoms with van der Waals surface area (Å²) in [7, 11) is 0. The number of aromatic nitrogens is 1. The third-order valence-corrected chi connectivity index (χ3v) is 6.65. The Morgan fingerprint density at radius 1 is 1.16 bits per heavy atom. The van der Waals surface area contributed by atoms with E-state index in [2.05, 4.69) is 10.6 Å². The first kappa shape index (κ1) is 20.8. The molecule has 2 aromatic carbocycles. The van der Waals surface area contributed by atoms with Crippen molar-refractivity contribution in [2.24, 2.45) is 5.92 Å². The SMILES string of the molecule is Cc1c(C(=O)N[C@H](c2cccc(F)c2)C2CC2)c2cccc(F)c2c(=O)n1[C@H]1CCNC1. The van der Waals surface area contributed by atoms with Crippen molar-refractivity contribution < 1.29 is 13.6 Å². The van der Waals surface area contributed by atoms with Crippen LogP contribution in [0.5, 0.6) is 0 Å². The summed E-state index contributed by atoms with van der Waals surface area (Å²) in [6, 6.07) is 10.2. The number of nitrogens with one attached hydrogen (secondary N) is 2. The summed E-state index contributed by atoms with van der Waals surface area (Å²) in [5.74, 6) is -1.13. The Hall–Kier alpha value is -3.06. The number of hydrogen-bond acceptors (Lipinski definition) is 3. The van der Waals surface area contributed by atoms with E-state index in [1.54, 1.807) is 23.6 Å². The Morgan fingerprint density at radius 3 is 2.62 bits per heavy atom. The number of hydrogen-bond donors (Lipinski definition) is 2. The van der Waals surface area contributed by atoms with Crippen molar-refractivity contribution in [2.45, 2.75) is 38.3 Å². The van der Waals surface area contributed by atoms with E-state index < -0.39 is 11.4 Å². The zero-order valence-corrected chi connectivity index (χ0v) is 17.8. The van der Waals surface area contributed by atoms with Crippen molar-refractivity contribution in [3.8, 4) is 0 Å². The first-order chi connectivity index (χ1) is 15.5. The molecule has 1 aliphatic heterocycles. The van der Waals surface area contributed by atoms with Gasteiger partial charge in [0.05, 0.1) is 23.0 Å². The largest absolute Gasteiger partial charge is 0.345 e. The predicted molar refractivity (Wildman–Crippen MR) is 119 cm³/mol. The number of rotatable bonds is 5. The number of nitrogens with zero attached hydrogens (tertiary/aromatic N) is 1. The molecule has 1 amide bonds. The topological polar surface area (TPSA) is 63.1 Å². The highest BCUT2D eigenvalue weighted by Crippen LogP contribution is 2.41. The van der Waals surface area contributed by atoms with Gasteiger partial charge in [0, 0.05) is 17.6 Å². The Labute approximate surface area is 184 Å². The minimum Gasteiger partial charge on any atom is -0.345 e. The molecule has 166 valence electrons. The summed E-state index contributed by atoms with van der Waals surface area (Å²) in [6.07, 6.45) is 2.63. The molecule has 1 aliphatic carbocycles. The maximum absolute atomic E-state index is 14.8. The van der Waals surface area contributed by atoms with E-state index in [4.69, 9.17) is 0 Å². The van der Waals surface area contributed by atoms with Crippen molar-refractivity contribution in [1.82, 2.24) is 15.2 Å². The predicted octanol–water partition coefficient (Wildman–Crippen LogP) is 4.00. The Morgan fingerprint density at radius 2 is 1.94 bits per heavy atom. The van der Waals surface area contributed by atoms with Gasteiger partial charge in [0.1, 0.15) is 11.6 Å². The first-order valence-corrected chi connectivity index (χ1v) is 11.1. The van der Waals surface area contributed by atoms with Gasteiger partial charge in [-0.25, -0.2) is 8.78 Å². The fraction of sp³-hybridized carbons (Fsp3) is 0.360. The van der Waals surface area contributed by atoms with Crippen LogP contribution in [0.15, 0.2) is 47.3 Å². The highest BCUT2D eigenvalue weighted by molar-refractivity contribution is 6.08. The number of carbonyl (C=O) groups excluding carboxylic acids is 1. The molecule has 5 rings (SSSR count). The molecule has 0 unspecified atom stereocenters.